The number of hydrogen-bond acceptors (Lipinski definition) is 6. The highest BCUT2D eigenvalue weighted by Crippen LogP contribution is 2.31. The van der Waals surface area contributed by atoms with Gasteiger partial charge >= 0.3 is 6.18 Å². The predicted octanol–water partition coefficient (Wildman–Crippen LogP) is 4.83. The number of methoxy groups -OCH3 is 1. The molecule has 11 heteroatoms. The molecule has 0 aliphatic rings. The molecule has 0 spiro atoms. The van der Waals surface area contributed by atoms with E-state index in [1.54, 1.807) is 37.5 Å². The fourth-order valence-electron chi connectivity index (χ4n) is 3.25. The largest absolute Gasteiger partial charge is 0.493 e. The molecule has 0 radical (unpaired) electrons. The lowest BCUT2D eigenvalue weighted by molar-refractivity contribution is -0.137. The Bertz CT molecular complexity index is 1320. The van der Waals surface area contributed by atoms with E-state index in [-0.39, 0.29) is 18.0 Å². The lowest BCUT2D eigenvalue weighted by atomic mass is 10.2. The average molecular weight is 483 g/mol. The van der Waals surface area contributed by atoms with Crippen LogP contribution in [0.15, 0.2) is 67.3 Å². The van der Waals surface area contributed by atoms with Crippen LogP contribution in [0, 0.1) is 6.92 Å². The van der Waals surface area contributed by atoms with Crippen LogP contribution in [0.1, 0.15) is 27.2 Å². The van der Waals surface area contributed by atoms with Crippen LogP contribution in [0.3, 0.4) is 0 Å². The quantitative estimate of drug-likeness (QED) is 0.405. The third-order valence-corrected chi connectivity index (χ3v) is 5.11. The van der Waals surface area contributed by atoms with E-state index in [1.807, 2.05) is 12.1 Å². The van der Waals surface area contributed by atoms with Crippen molar-refractivity contribution in [2.45, 2.75) is 19.7 Å². The second-order valence-corrected chi connectivity index (χ2v) is 7.42. The van der Waals surface area contributed by atoms with E-state index in [2.05, 4.69) is 20.4 Å². The molecule has 180 valence electrons. The van der Waals surface area contributed by atoms with Gasteiger partial charge in [-0.2, -0.15) is 18.3 Å². The maximum Gasteiger partial charge on any atom is 0.417 e. The van der Waals surface area contributed by atoms with Gasteiger partial charge in [0.1, 0.15) is 6.61 Å². The van der Waals surface area contributed by atoms with Crippen molar-refractivity contribution in [2.24, 2.45) is 0 Å². The summed E-state index contributed by atoms with van der Waals surface area (Å²) in [6.07, 6.45) is 0.884. The van der Waals surface area contributed by atoms with Gasteiger partial charge < -0.3 is 14.8 Å². The number of rotatable bonds is 7. The summed E-state index contributed by atoms with van der Waals surface area (Å²) in [4.78, 5) is 20.7. The van der Waals surface area contributed by atoms with Crippen LogP contribution in [0.5, 0.6) is 11.5 Å². The summed E-state index contributed by atoms with van der Waals surface area (Å²) in [5.41, 5.74) is 1.15. The molecule has 1 amide bonds. The average Bonchev–Trinajstić information content (AvgIpc) is 3.24. The van der Waals surface area contributed by atoms with Crippen LogP contribution >= 0.6 is 0 Å². The molecule has 0 saturated carbocycles. The number of halogens is 3. The predicted molar refractivity (Wildman–Crippen MR) is 121 cm³/mol. The number of pyridine rings is 2. The summed E-state index contributed by atoms with van der Waals surface area (Å²) in [5.74, 6) is 0.634. The number of alkyl halides is 3. The van der Waals surface area contributed by atoms with Gasteiger partial charge in [-0.1, -0.05) is 0 Å². The summed E-state index contributed by atoms with van der Waals surface area (Å²) in [6.45, 7) is 1.90. The molecule has 1 aromatic carbocycles. The molecule has 0 saturated heterocycles. The molecular formula is C24H20F3N5O3. The van der Waals surface area contributed by atoms with Gasteiger partial charge in [0, 0.05) is 30.3 Å². The molecule has 1 N–H and O–H groups in total. The number of aromatic nitrogens is 4. The summed E-state index contributed by atoms with van der Waals surface area (Å²) in [7, 11) is 1.51. The lowest BCUT2D eigenvalue weighted by Gasteiger charge is -2.13. The van der Waals surface area contributed by atoms with Gasteiger partial charge in [0.25, 0.3) is 5.91 Å². The molecule has 0 bridgehead atoms. The van der Waals surface area contributed by atoms with Crippen molar-refractivity contribution in [3.63, 3.8) is 0 Å². The number of carbonyl (C=O) groups excluding carboxylic acids is 1. The first-order chi connectivity index (χ1) is 16.8. The van der Waals surface area contributed by atoms with E-state index in [0.717, 1.165) is 17.8 Å². The van der Waals surface area contributed by atoms with E-state index in [0.29, 0.717) is 22.9 Å². The van der Waals surface area contributed by atoms with Crippen molar-refractivity contribution in [1.82, 2.24) is 19.7 Å². The Morgan fingerprint density at radius 2 is 1.83 bits per heavy atom. The van der Waals surface area contributed by atoms with Crippen LogP contribution in [0.2, 0.25) is 0 Å². The fraction of sp³-hybridized carbons (Fsp3) is 0.167. The molecule has 0 aliphatic carbocycles. The Hall–Kier alpha value is -4.41. The number of carbonyl (C=O) groups is 1. The third-order valence-electron chi connectivity index (χ3n) is 5.11. The number of benzene rings is 1. The normalized spacial score (nSPS) is 11.2. The molecule has 3 aromatic heterocycles. The summed E-state index contributed by atoms with van der Waals surface area (Å²) in [5, 5.41) is 6.89. The van der Waals surface area contributed by atoms with E-state index >= 15 is 0 Å². The molecule has 0 atom stereocenters. The second-order valence-electron chi connectivity index (χ2n) is 7.42. The van der Waals surface area contributed by atoms with Crippen LogP contribution < -0.4 is 14.8 Å². The topological polar surface area (TPSA) is 91.2 Å². The minimum Gasteiger partial charge on any atom is -0.493 e. The number of nitrogens with zero attached hydrogens (tertiary/aromatic N) is 4. The van der Waals surface area contributed by atoms with Gasteiger partial charge in [0.15, 0.2) is 17.3 Å². The fourth-order valence-corrected chi connectivity index (χ4v) is 3.25. The first-order valence-electron chi connectivity index (χ1n) is 10.4. The van der Waals surface area contributed by atoms with E-state index in [9.17, 15) is 18.0 Å². The number of ether oxygens (including phenoxy) is 2. The highest BCUT2D eigenvalue weighted by atomic mass is 19.4. The number of hydrogen-bond donors (Lipinski definition) is 1. The van der Waals surface area contributed by atoms with Gasteiger partial charge in [-0.15, -0.1) is 0 Å². The van der Waals surface area contributed by atoms with Crippen LogP contribution in [-0.2, 0) is 12.8 Å². The molecule has 0 aliphatic heterocycles. The maximum absolute atomic E-state index is 12.9. The Balaban J connectivity index is 1.50. The first kappa shape index (κ1) is 23.7. The van der Waals surface area contributed by atoms with Gasteiger partial charge in [-0.05, 0) is 48.9 Å². The highest BCUT2D eigenvalue weighted by Gasteiger charge is 2.30. The third kappa shape index (κ3) is 5.40. The van der Waals surface area contributed by atoms with Crippen molar-refractivity contribution in [2.75, 3.05) is 12.4 Å². The lowest BCUT2D eigenvalue weighted by Crippen LogP contribution is -2.13. The van der Waals surface area contributed by atoms with Crippen LogP contribution in [0.4, 0.5) is 18.9 Å². The number of anilines is 1. The molecule has 4 rings (SSSR count). The van der Waals surface area contributed by atoms with Gasteiger partial charge in [-0.3, -0.25) is 9.78 Å². The van der Waals surface area contributed by atoms with E-state index < -0.39 is 17.6 Å². The minimum absolute atomic E-state index is 0.158. The summed E-state index contributed by atoms with van der Waals surface area (Å²) in [6, 6.07) is 10.7. The second kappa shape index (κ2) is 9.84. The minimum atomic E-state index is -4.49. The van der Waals surface area contributed by atoms with Gasteiger partial charge in [-0.25, -0.2) is 9.67 Å². The number of amides is 1. The van der Waals surface area contributed by atoms with E-state index in [1.165, 1.54) is 24.1 Å². The molecule has 0 fully saturated rings. The van der Waals surface area contributed by atoms with E-state index in [4.69, 9.17) is 9.47 Å². The Morgan fingerprint density at radius 3 is 2.49 bits per heavy atom. The maximum atomic E-state index is 12.9. The summed E-state index contributed by atoms with van der Waals surface area (Å²) >= 11 is 0. The molecule has 35 heavy (non-hydrogen) atoms. The zero-order valence-corrected chi connectivity index (χ0v) is 18.7. The van der Waals surface area contributed by atoms with Gasteiger partial charge in [0.05, 0.1) is 30.1 Å². The monoisotopic (exact) mass is 483 g/mol. The van der Waals surface area contributed by atoms with Crippen molar-refractivity contribution < 1.29 is 27.4 Å². The smallest absolute Gasteiger partial charge is 0.417 e. The zero-order chi connectivity index (χ0) is 25.0. The van der Waals surface area contributed by atoms with Crippen molar-refractivity contribution in [3.05, 3.63) is 89.6 Å². The molecular weight excluding hydrogens is 463 g/mol. The molecule has 0 unspecified atom stereocenters. The molecule has 3 heterocycles. The zero-order valence-electron chi connectivity index (χ0n) is 18.7. The van der Waals surface area contributed by atoms with Crippen LogP contribution in [0.25, 0.3) is 5.82 Å². The highest BCUT2D eigenvalue weighted by molar-refractivity contribution is 6.05. The Morgan fingerprint density at radius 1 is 1.06 bits per heavy atom. The summed E-state index contributed by atoms with van der Waals surface area (Å²) < 4.78 is 50.9. The SMILES string of the molecule is COc1ccc(NC(=O)c2cnn(-c3ccc(C(F)(F)F)cn3)c2C)cc1OCc1ccncc1. The standard InChI is InChI=1S/C24H20F3N5O3/c1-15-19(13-30-32(15)22-6-3-17(12-29-22)24(25,26)27)23(33)31-18-4-5-20(34-2)21(11-18)35-14-16-7-9-28-10-8-16/h3-13H,14H2,1-2H3,(H,31,33). The van der Waals surface area contributed by atoms with Crippen molar-refractivity contribution >= 4 is 11.6 Å². The van der Waals surface area contributed by atoms with Crippen LogP contribution in [-0.4, -0.2) is 32.8 Å². The van der Waals surface area contributed by atoms with Gasteiger partial charge in [0.2, 0.25) is 0 Å². The molecule has 4 aromatic rings. The van der Waals surface area contributed by atoms with Crippen molar-refractivity contribution in [3.8, 4) is 17.3 Å². The van der Waals surface area contributed by atoms with Crippen molar-refractivity contribution in [1.29, 1.82) is 0 Å². The Labute approximate surface area is 198 Å². The Kier molecular flexibility index (Phi) is 6.67. The number of nitrogens with one attached hydrogen (secondary N) is 1. The molecule has 8 nitrogen and oxygen atoms in total. The first-order valence-corrected chi connectivity index (χ1v) is 10.4.